The summed E-state index contributed by atoms with van der Waals surface area (Å²) in [6, 6.07) is 1.13. The fourth-order valence-corrected chi connectivity index (χ4v) is 3.63. The van der Waals surface area contributed by atoms with Gasteiger partial charge in [0.15, 0.2) is 17.3 Å². The Balaban J connectivity index is 2.54. The number of esters is 1. The molecule has 0 radical (unpaired) electrons. The van der Waals surface area contributed by atoms with Crippen LogP contribution in [0.2, 0.25) is 5.02 Å². The molecular formula is C18H22ClFO4. The van der Waals surface area contributed by atoms with E-state index in [4.69, 9.17) is 21.1 Å². The molecular weight excluding hydrogens is 335 g/mol. The van der Waals surface area contributed by atoms with Crippen molar-refractivity contribution in [1.82, 2.24) is 0 Å². The topological polar surface area (TPSA) is 52.6 Å². The molecule has 0 spiro atoms. The van der Waals surface area contributed by atoms with Gasteiger partial charge >= 0.3 is 5.97 Å². The largest absolute Gasteiger partial charge is 0.492 e. The molecule has 1 aliphatic carbocycles. The van der Waals surface area contributed by atoms with Crippen LogP contribution in [0.5, 0.6) is 5.75 Å². The van der Waals surface area contributed by atoms with E-state index >= 15 is 0 Å². The van der Waals surface area contributed by atoms with Gasteiger partial charge in [-0.1, -0.05) is 31.4 Å². The number of halogens is 2. The molecule has 0 fully saturated rings. The molecule has 2 rings (SSSR count). The highest BCUT2D eigenvalue weighted by Crippen LogP contribution is 2.45. The molecule has 24 heavy (non-hydrogen) atoms. The number of rotatable bonds is 6. The Morgan fingerprint density at radius 2 is 2.12 bits per heavy atom. The van der Waals surface area contributed by atoms with E-state index in [1.807, 2.05) is 6.92 Å². The number of ketones is 1. The van der Waals surface area contributed by atoms with Gasteiger partial charge in [0, 0.05) is 5.56 Å². The van der Waals surface area contributed by atoms with E-state index in [-0.39, 0.29) is 22.9 Å². The van der Waals surface area contributed by atoms with E-state index in [1.165, 1.54) is 7.11 Å². The van der Waals surface area contributed by atoms with Crippen LogP contribution in [0.25, 0.3) is 0 Å². The smallest absolute Gasteiger partial charge is 0.320 e. The van der Waals surface area contributed by atoms with Gasteiger partial charge in [0.2, 0.25) is 0 Å². The summed E-state index contributed by atoms with van der Waals surface area (Å²) in [4.78, 5) is 25.6. The van der Waals surface area contributed by atoms with Gasteiger partial charge in [0.25, 0.3) is 0 Å². The fraction of sp³-hybridized carbons (Fsp3) is 0.556. The monoisotopic (exact) mass is 356 g/mol. The Bertz CT molecular complexity index is 659. The predicted molar refractivity (Wildman–Crippen MR) is 89.2 cm³/mol. The number of hydrogen-bond donors (Lipinski definition) is 0. The van der Waals surface area contributed by atoms with E-state index < -0.39 is 23.0 Å². The van der Waals surface area contributed by atoms with Crippen molar-refractivity contribution in [3.8, 4) is 5.75 Å². The number of carbonyl (C=O) groups is 2. The van der Waals surface area contributed by atoms with Crippen molar-refractivity contribution < 1.29 is 23.5 Å². The molecule has 0 saturated heterocycles. The third kappa shape index (κ3) is 3.02. The lowest BCUT2D eigenvalue weighted by molar-refractivity contribution is -0.153. The zero-order valence-electron chi connectivity index (χ0n) is 14.2. The van der Waals surface area contributed by atoms with Gasteiger partial charge in [-0.05, 0) is 37.8 Å². The molecule has 1 aromatic carbocycles. The molecule has 0 aromatic heterocycles. The average molecular weight is 357 g/mol. The van der Waals surface area contributed by atoms with Crippen LogP contribution in [0.15, 0.2) is 6.07 Å². The zero-order chi connectivity index (χ0) is 17.9. The summed E-state index contributed by atoms with van der Waals surface area (Å²) < 4.78 is 24.3. The quantitative estimate of drug-likeness (QED) is 0.561. The second-order valence-electron chi connectivity index (χ2n) is 5.97. The van der Waals surface area contributed by atoms with Crippen LogP contribution in [0, 0.1) is 11.2 Å². The third-order valence-electron chi connectivity index (χ3n) is 4.59. The van der Waals surface area contributed by atoms with Gasteiger partial charge in [-0.25, -0.2) is 4.39 Å². The minimum Gasteiger partial charge on any atom is -0.492 e. The van der Waals surface area contributed by atoms with Crippen LogP contribution in [-0.4, -0.2) is 25.5 Å². The van der Waals surface area contributed by atoms with Gasteiger partial charge in [0.1, 0.15) is 5.41 Å². The Morgan fingerprint density at radius 3 is 2.71 bits per heavy atom. The Kier molecular flexibility index (Phi) is 5.86. The highest BCUT2D eigenvalue weighted by Gasteiger charge is 2.50. The molecule has 1 unspecified atom stereocenters. The molecule has 0 N–H and O–H groups in total. The van der Waals surface area contributed by atoms with Crippen molar-refractivity contribution >= 4 is 23.4 Å². The van der Waals surface area contributed by atoms with Crippen LogP contribution < -0.4 is 4.74 Å². The maximum Gasteiger partial charge on any atom is 0.320 e. The standard InChI is InChI=1S/C18H22ClFO4/c1-4-6-8-18(17(22)24-5-2)9-7-11-12(16(18)21)10-13(20)15(23-3)14(11)19/h10H,4-9H2,1-3H3. The molecule has 0 amide bonds. The lowest BCUT2D eigenvalue weighted by Crippen LogP contribution is -2.44. The summed E-state index contributed by atoms with van der Waals surface area (Å²) in [5.41, 5.74) is -0.548. The molecule has 0 aliphatic heterocycles. The number of Topliss-reactive ketones (excluding diaryl/α,β-unsaturated/α-hetero) is 1. The number of hydrogen-bond acceptors (Lipinski definition) is 4. The Hall–Kier alpha value is -1.62. The van der Waals surface area contributed by atoms with Crippen LogP contribution >= 0.6 is 11.6 Å². The van der Waals surface area contributed by atoms with Gasteiger partial charge < -0.3 is 9.47 Å². The number of methoxy groups -OCH3 is 1. The van der Waals surface area contributed by atoms with Crippen molar-refractivity contribution in [1.29, 1.82) is 0 Å². The maximum absolute atomic E-state index is 14.2. The van der Waals surface area contributed by atoms with Crippen molar-refractivity contribution in [3.63, 3.8) is 0 Å². The number of carbonyl (C=O) groups excluding carboxylic acids is 2. The van der Waals surface area contributed by atoms with Crippen molar-refractivity contribution in [2.75, 3.05) is 13.7 Å². The number of unbranched alkanes of at least 4 members (excludes halogenated alkanes) is 1. The van der Waals surface area contributed by atoms with Gasteiger partial charge in [-0.2, -0.15) is 0 Å². The van der Waals surface area contributed by atoms with Crippen LogP contribution in [0.1, 0.15) is 55.5 Å². The lowest BCUT2D eigenvalue weighted by Gasteiger charge is -2.35. The lowest BCUT2D eigenvalue weighted by atomic mass is 9.67. The molecule has 4 nitrogen and oxygen atoms in total. The van der Waals surface area contributed by atoms with E-state index in [1.54, 1.807) is 6.92 Å². The Morgan fingerprint density at radius 1 is 1.42 bits per heavy atom. The predicted octanol–water partition coefficient (Wildman–Crippen LogP) is 4.36. The summed E-state index contributed by atoms with van der Waals surface area (Å²) in [6.45, 7) is 3.89. The number of ether oxygens (including phenoxy) is 2. The maximum atomic E-state index is 14.2. The van der Waals surface area contributed by atoms with E-state index in [0.29, 0.717) is 31.2 Å². The summed E-state index contributed by atoms with van der Waals surface area (Å²) in [6.07, 6.45) is 2.67. The second-order valence-corrected chi connectivity index (χ2v) is 6.34. The molecule has 132 valence electrons. The molecule has 6 heteroatoms. The van der Waals surface area contributed by atoms with Crippen molar-refractivity contribution in [2.24, 2.45) is 5.41 Å². The third-order valence-corrected chi connectivity index (χ3v) is 4.99. The highest BCUT2D eigenvalue weighted by molar-refractivity contribution is 6.33. The van der Waals surface area contributed by atoms with Crippen molar-refractivity contribution in [3.05, 3.63) is 28.0 Å². The second kappa shape index (κ2) is 7.51. The fourth-order valence-electron chi connectivity index (χ4n) is 3.27. The average Bonchev–Trinajstić information content (AvgIpc) is 2.56. The van der Waals surface area contributed by atoms with Gasteiger partial charge in [-0.15, -0.1) is 0 Å². The van der Waals surface area contributed by atoms with E-state index in [0.717, 1.165) is 12.5 Å². The van der Waals surface area contributed by atoms with Crippen LogP contribution in [0.4, 0.5) is 4.39 Å². The molecule has 0 heterocycles. The number of fused-ring (bicyclic) bond motifs is 1. The minimum atomic E-state index is -1.25. The molecule has 1 aromatic rings. The van der Waals surface area contributed by atoms with E-state index in [2.05, 4.69) is 0 Å². The highest BCUT2D eigenvalue weighted by atomic mass is 35.5. The normalized spacial score (nSPS) is 19.8. The molecule has 1 aliphatic rings. The molecule has 0 bridgehead atoms. The van der Waals surface area contributed by atoms with E-state index in [9.17, 15) is 14.0 Å². The van der Waals surface area contributed by atoms with Gasteiger partial charge in [-0.3, -0.25) is 9.59 Å². The summed E-state index contributed by atoms with van der Waals surface area (Å²) >= 11 is 6.20. The molecule has 1 atom stereocenters. The summed E-state index contributed by atoms with van der Waals surface area (Å²) in [7, 11) is 1.32. The summed E-state index contributed by atoms with van der Waals surface area (Å²) in [5.74, 6) is -1.70. The molecule has 0 saturated carbocycles. The van der Waals surface area contributed by atoms with Crippen LogP contribution in [0.3, 0.4) is 0 Å². The first-order chi connectivity index (χ1) is 11.4. The zero-order valence-corrected chi connectivity index (χ0v) is 15.0. The van der Waals surface area contributed by atoms with Crippen LogP contribution in [-0.2, 0) is 16.0 Å². The first-order valence-corrected chi connectivity index (χ1v) is 8.57. The summed E-state index contributed by atoms with van der Waals surface area (Å²) in [5, 5.41) is 0.105. The number of benzene rings is 1. The first-order valence-electron chi connectivity index (χ1n) is 8.19. The van der Waals surface area contributed by atoms with Gasteiger partial charge in [0.05, 0.1) is 18.7 Å². The SMILES string of the molecule is CCCCC1(C(=O)OCC)CCc2c(cc(F)c(OC)c2Cl)C1=O. The van der Waals surface area contributed by atoms with Crippen molar-refractivity contribution in [2.45, 2.75) is 46.0 Å². The Labute approximate surface area is 146 Å². The minimum absolute atomic E-state index is 0.0691. The first kappa shape index (κ1) is 18.7.